The first kappa shape index (κ1) is 21.0. The lowest BCUT2D eigenvalue weighted by Gasteiger charge is -2.17. The van der Waals surface area contributed by atoms with Gasteiger partial charge in [0.25, 0.3) is 5.91 Å². The van der Waals surface area contributed by atoms with Crippen molar-refractivity contribution < 1.29 is 9.63 Å². The predicted octanol–water partition coefficient (Wildman–Crippen LogP) is 6.77. The fourth-order valence-corrected chi connectivity index (χ4v) is 3.92. The molecule has 1 amide bonds. The quantitative estimate of drug-likeness (QED) is 0.379. The molecule has 1 aliphatic heterocycles. The Morgan fingerprint density at radius 3 is 2.43 bits per heavy atom. The molecule has 0 N–H and O–H groups in total. The molecule has 0 aliphatic carbocycles. The van der Waals surface area contributed by atoms with E-state index in [0.717, 1.165) is 16.8 Å². The van der Waals surface area contributed by atoms with E-state index in [-0.39, 0.29) is 18.2 Å². The minimum absolute atomic E-state index is 0.113. The van der Waals surface area contributed by atoms with Crippen LogP contribution >= 0.6 is 46.4 Å². The minimum atomic E-state index is -0.260. The van der Waals surface area contributed by atoms with Gasteiger partial charge in [-0.15, -0.1) is 0 Å². The maximum absolute atomic E-state index is 13.1. The monoisotopic (exact) mass is 478 g/mol. The van der Waals surface area contributed by atoms with Crippen LogP contribution in [0.4, 0.5) is 5.69 Å². The molecule has 0 radical (unpaired) electrons. The summed E-state index contributed by atoms with van der Waals surface area (Å²) in [5, 5.41) is 6.02. The van der Waals surface area contributed by atoms with Crippen LogP contribution in [0, 0.1) is 0 Å². The van der Waals surface area contributed by atoms with E-state index in [4.69, 9.17) is 51.2 Å². The topological polar surface area (TPSA) is 41.9 Å². The van der Waals surface area contributed by atoms with Crippen LogP contribution in [0.25, 0.3) is 0 Å². The van der Waals surface area contributed by atoms with Crippen molar-refractivity contribution in [3.63, 3.8) is 0 Å². The first-order valence-corrected chi connectivity index (χ1v) is 10.4. The van der Waals surface area contributed by atoms with Crippen molar-refractivity contribution in [1.29, 1.82) is 0 Å². The molecular weight excluding hydrogens is 466 g/mol. The number of hydrogen-bond acceptors (Lipinski definition) is 3. The second-order valence-corrected chi connectivity index (χ2v) is 8.26. The molecule has 1 aliphatic rings. The van der Waals surface area contributed by atoms with Gasteiger partial charge in [0.15, 0.2) is 5.71 Å². The fraction of sp³-hybridized carbons (Fsp3) is 0.0909. The Morgan fingerprint density at radius 2 is 1.67 bits per heavy atom. The maximum atomic E-state index is 13.1. The summed E-state index contributed by atoms with van der Waals surface area (Å²) < 4.78 is 0. The second-order valence-electron chi connectivity index (χ2n) is 6.61. The molecule has 0 fully saturated rings. The lowest BCUT2D eigenvalue weighted by atomic mass is 10.1. The molecule has 1 heterocycles. The lowest BCUT2D eigenvalue weighted by molar-refractivity contribution is -0.112. The third kappa shape index (κ3) is 4.28. The molecule has 0 aromatic heterocycles. The van der Waals surface area contributed by atoms with Crippen molar-refractivity contribution >= 4 is 63.7 Å². The summed E-state index contributed by atoms with van der Waals surface area (Å²) in [6.45, 7) is 0.441. The van der Waals surface area contributed by atoms with Crippen molar-refractivity contribution in [2.45, 2.75) is 13.2 Å². The number of anilines is 1. The van der Waals surface area contributed by atoms with Crippen LogP contribution in [0.2, 0.25) is 20.1 Å². The third-order valence-electron chi connectivity index (χ3n) is 4.61. The molecule has 30 heavy (non-hydrogen) atoms. The van der Waals surface area contributed by atoms with Crippen LogP contribution in [0.1, 0.15) is 16.7 Å². The van der Waals surface area contributed by atoms with Crippen LogP contribution < -0.4 is 4.90 Å². The molecule has 0 spiro atoms. The van der Waals surface area contributed by atoms with E-state index < -0.39 is 0 Å². The fourth-order valence-electron chi connectivity index (χ4n) is 3.13. The van der Waals surface area contributed by atoms with Gasteiger partial charge in [-0.1, -0.05) is 81.9 Å². The summed E-state index contributed by atoms with van der Waals surface area (Å²) in [7, 11) is 0. The highest BCUT2D eigenvalue weighted by molar-refractivity contribution is 6.54. The van der Waals surface area contributed by atoms with Gasteiger partial charge in [-0.2, -0.15) is 0 Å². The molecule has 4 nitrogen and oxygen atoms in total. The van der Waals surface area contributed by atoms with Crippen molar-refractivity contribution in [3.05, 3.63) is 97.4 Å². The minimum Gasteiger partial charge on any atom is -0.390 e. The number of fused-ring (bicyclic) bond motifs is 1. The van der Waals surface area contributed by atoms with Crippen LogP contribution in [0.3, 0.4) is 0 Å². The Hall–Kier alpha value is -2.24. The smallest absolute Gasteiger partial charge is 0.281 e. The van der Waals surface area contributed by atoms with Crippen molar-refractivity contribution in [2.24, 2.45) is 5.16 Å². The Bertz CT molecular complexity index is 1160. The largest absolute Gasteiger partial charge is 0.390 e. The van der Waals surface area contributed by atoms with Crippen LogP contribution in [-0.2, 0) is 22.8 Å². The highest BCUT2D eigenvalue weighted by Crippen LogP contribution is 2.32. The molecule has 4 rings (SSSR count). The number of carbonyl (C=O) groups is 1. The maximum Gasteiger partial charge on any atom is 0.281 e. The molecule has 8 heteroatoms. The zero-order chi connectivity index (χ0) is 21.3. The SMILES string of the molecule is O=C1/C(=N/OCc2ccc(Cl)cc2Cl)c2ccccc2N1Cc1ccc(Cl)c(Cl)c1. The van der Waals surface area contributed by atoms with Gasteiger partial charge < -0.3 is 9.74 Å². The Kier molecular flexibility index (Phi) is 6.21. The summed E-state index contributed by atoms with van der Waals surface area (Å²) in [5.74, 6) is -0.260. The number of amides is 1. The second kappa shape index (κ2) is 8.86. The number of hydrogen-bond donors (Lipinski definition) is 0. The van der Waals surface area contributed by atoms with Gasteiger partial charge in [0, 0.05) is 21.2 Å². The van der Waals surface area contributed by atoms with E-state index in [1.165, 1.54) is 0 Å². The van der Waals surface area contributed by atoms with Crippen LogP contribution in [-0.4, -0.2) is 11.6 Å². The first-order valence-electron chi connectivity index (χ1n) is 8.93. The van der Waals surface area contributed by atoms with Crippen LogP contribution in [0.5, 0.6) is 0 Å². The summed E-state index contributed by atoms with van der Waals surface area (Å²) in [5.41, 5.74) is 3.25. The molecule has 0 bridgehead atoms. The molecule has 152 valence electrons. The van der Waals surface area contributed by atoms with E-state index in [1.54, 1.807) is 35.2 Å². The summed E-state index contributed by atoms with van der Waals surface area (Å²) in [4.78, 5) is 20.2. The molecule has 0 saturated heterocycles. The molecule has 0 unspecified atom stereocenters. The number of benzene rings is 3. The average Bonchev–Trinajstić information content (AvgIpc) is 2.98. The van der Waals surface area contributed by atoms with E-state index >= 15 is 0 Å². The average molecular weight is 480 g/mol. The molecule has 3 aromatic rings. The number of rotatable bonds is 5. The lowest BCUT2D eigenvalue weighted by Crippen LogP contribution is -2.29. The zero-order valence-electron chi connectivity index (χ0n) is 15.4. The number of oxime groups is 1. The highest BCUT2D eigenvalue weighted by Gasteiger charge is 2.34. The summed E-state index contributed by atoms with van der Waals surface area (Å²) >= 11 is 24.2. The van der Waals surface area contributed by atoms with Gasteiger partial charge in [-0.3, -0.25) is 4.79 Å². The summed E-state index contributed by atoms with van der Waals surface area (Å²) in [6, 6.07) is 17.8. The first-order chi connectivity index (χ1) is 14.4. The standard InChI is InChI=1S/C22H14Cl4N2O2/c23-15-7-6-14(18(25)10-15)12-30-27-21-16-3-1-2-4-20(16)28(22(21)29)11-13-5-8-17(24)19(26)9-13/h1-10H,11-12H2/b27-21+. The van der Waals surface area contributed by atoms with Gasteiger partial charge in [-0.05, 0) is 35.9 Å². The molecular formula is C22H14Cl4N2O2. The van der Waals surface area contributed by atoms with E-state index in [9.17, 15) is 4.79 Å². The zero-order valence-corrected chi connectivity index (χ0v) is 18.4. The number of carbonyl (C=O) groups excluding carboxylic acids is 1. The Labute approximate surface area is 193 Å². The Morgan fingerprint density at radius 1 is 0.867 bits per heavy atom. The Balaban J connectivity index is 1.57. The van der Waals surface area contributed by atoms with Gasteiger partial charge >= 0.3 is 0 Å². The van der Waals surface area contributed by atoms with Gasteiger partial charge in [0.1, 0.15) is 6.61 Å². The normalized spacial score (nSPS) is 14.3. The molecule has 0 atom stereocenters. The van der Waals surface area contributed by atoms with Gasteiger partial charge in [0.2, 0.25) is 0 Å². The van der Waals surface area contributed by atoms with Gasteiger partial charge in [0.05, 0.1) is 22.3 Å². The number of halogens is 4. The van der Waals surface area contributed by atoms with E-state index in [0.29, 0.717) is 32.2 Å². The van der Waals surface area contributed by atoms with E-state index in [1.807, 2.05) is 30.3 Å². The van der Waals surface area contributed by atoms with Crippen LogP contribution in [0.15, 0.2) is 65.8 Å². The predicted molar refractivity (Wildman–Crippen MR) is 122 cm³/mol. The number of nitrogens with zero attached hydrogens (tertiary/aromatic N) is 2. The summed E-state index contributed by atoms with van der Waals surface area (Å²) in [6.07, 6.45) is 0. The molecule has 0 saturated carbocycles. The van der Waals surface area contributed by atoms with E-state index in [2.05, 4.69) is 5.16 Å². The molecule has 3 aromatic carbocycles. The van der Waals surface area contributed by atoms with Gasteiger partial charge in [-0.25, -0.2) is 0 Å². The van der Waals surface area contributed by atoms with Crippen molar-refractivity contribution in [2.75, 3.05) is 4.90 Å². The van der Waals surface area contributed by atoms with Crippen molar-refractivity contribution in [3.8, 4) is 0 Å². The number of para-hydroxylation sites is 1. The third-order valence-corrected chi connectivity index (χ3v) is 5.94. The van der Waals surface area contributed by atoms with Crippen molar-refractivity contribution in [1.82, 2.24) is 0 Å². The highest BCUT2D eigenvalue weighted by atomic mass is 35.5.